The van der Waals surface area contributed by atoms with Crippen LogP contribution in [-0.4, -0.2) is 90.9 Å². The molecule has 12 nitrogen and oxygen atoms in total. The topological polar surface area (TPSA) is 138 Å². The maximum Gasteiger partial charge on any atom is 0.271 e. The van der Waals surface area contributed by atoms with E-state index < -0.39 is 35.9 Å². The van der Waals surface area contributed by atoms with Crippen LogP contribution in [0.2, 0.25) is 5.15 Å². The lowest BCUT2D eigenvalue weighted by Gasteiger charge is -2.46. The van der Waals surface area contributed by atoms with Crippen molar-refractivity contribution in [3.05, 3.63) is 46.0 Å². The van der Waals surface area contributed by atoms with Crippen molar-refractivity contribution in [2.24, 2.45) is 0 Å². The molecule has 210 valence electrons. The number of aliphatic hydroxyl groups is 1. The number of nitrogens with zero attached hydrogens (tertiary/aromatic N) is 6. The molecule has 2 aliphatic rings. The van der Waals surface area contributed by atoms with Gasteiger partial charge in [0.2, 0.25) is 0 Å². The molecule has 1 amide bonds. The first-order valence-corrected chi connectivity index (χ1v) is 14.5. The van der Waals surface area contributed by atoms with Gasteiger partial charge in [0.05, 0.1) is 12.3 Å². The number of hydrogen-bond acceptors (Lipinski definition) is 10. The van der Waals surface area contributed by atoms with Gasteiger partial charge in [-0.3, -0.25) is 4.79 Å². The predicted octanol–water partition coefficient (Wildman–Crippen LogP) is 3.03. The first-order valence-electron chi connectivity index (χ1n) is 12.4. The lowest BCUT2D eigenvalue weighted by molar-refractivity contribution is -0.208. The van der Waals surface area contributed by atoms with Gasteiger partial charge in [-0.05, 0) is 54.2 Å². The van der Waals surface area contributed by atoms with Crippen LogP contribution in [0.1, 0.15) is 42.7 Å². The predicted molar refractivity (Wildman–Crippen MR) is 146 cm³/mol. The van der Waals surface area contributed by atoms with E-state index >= 15 is 0 Å². The van der Waals surface area contributed by atoms with E-state index in [4.69, 9.17) is 25.8 Å². The molecule has 1 saturated carbocycles. The molecule has 0 bridgehead atoms. The molecule has 0 aromatic carbocycles. The second kappa shape index (κ2) is 12.2. The second-order valence-electron chi connectivity index (χ2n) is 9.46. The Bertz CT molecular complexity index is 1310. The third-order valence-corrected chi connectivity index (χ3v) is 8.70. The highest BCUT2D eigenvalue weighted by atomic mass is 79.9. The number of thioether (sulfide) groups is 1. The number of methoxy groups -OCH3 is 2. The summed E-state index contributed by atoms with van der Waals surface area (Å²) >= 11 is 10.7. The van der Waals surface area contributed by atoms with E-state index in [1.54, 1.807) is 50.5 Å². The molecule has 0 spiro atoms. The van der Waals surface area contributed by atoms with Gasteiger partial charge in [-0.15, -0.1) is 5.10 Å². The van der Waals surface area contributed by atoms with E-state index in [2.05, 4.69) is 41.6 Å². The normalized spacial score (nSPS) is 26.3. The Labute approximate surface area is 242 Å². The average molecular weight is 643 g/mol. The Morgan fingerprint density at radius 3 is 2.72 bits per heavy atom. The fraction of sp³-hybridized carbons (Fsp3) is 0.542. The second-order valence-corrected chi connectivity index (χ2v) is 11.9. The van der Waals surface area contributed by atoms with Crippen LogP contribution >= 0.6 is 39.3 Å². The molecule has 2 N–H and O–H groups in total. The van der Waals surface area contributed by atoms with Crippen molar-refractivity contribution < 1.29 is 24.1 Å². The molecule has 4 heterocycles. The van der Waals surface area contributed by atoms with E-state index in [0.717, 1.165) is 19.3 Å². The molecule has 1 aliphatic carbocycles. The fourth-order valence-electron chi connectivity index (χ4n) is 4.72. The lowest BCUT2D eigenvalue weighted by Crippen LogP contribution is -2.58. The minimum absolute atomic E-state index is 0.163. The maximum atomic E-state index is 13.1. The standard InChI is InChI=1S/C24H29BrClN7O5S/c1-12(34)20-21(36-2)19(33-11-17(29-31-33)32-8-7-16(26)30-32)22(37-3)24(38-20)39-15-9-13(25)10-27-18(15)23(35)28-14-5-4-6-14/h7-12,14,19-22,24,34H,4-6H2,1-3H3,(H,28,35)/t12?,19?,20?,21-,22?,24-/m1/s1. The Hall–Kier alpha value is -2.07. The minimum Gasteiger partial charge on any atom is -0.391 e. The van der Waals surface area contributed by atoms with E-state index in [0.29, 0.717) is 26.0 Å². The number of aromatic nitrogens is 6. The summed E-state index contributed by atoms with van der Waals surface area (Å²) in [6.45, 7) is 1.64. The quantitative estimate of drug-likeness (QED) is 0.358. The molecule has 6 atom stereocenters. The van der Waals surface area contributed by atoms with Crippen molar-refractivity contribution in [1.29, 1.82) is 0 Å². The molecule has 1 saturated heterocycles. The van der Waals surface area contributed by atoms with Crippen molar-refractivity contribution in [2.75, 3.05) is 14.2 Å². The van der Waals surface area contributed by atoms with Crippen LogP contribution in [0.5, 0.6) is 0 Å². The first-order chi connectivity index (χ1) is 18.8. The molecule has 3 aromatic heterocycles. The Kier molecular flexibility index (Phi) is 8.91. The molecular formula is C24H29BrClN7O5S. The van der Waals surface area contributed by atoms with Crippen molar-refractivity contribution >= 4 is 45.2 Å². The largest absolute Gasteiger partial charge is 0.391 e. The summed E-state index contributed by atoms with van der Waals surface area (Å²) in [6, 6.07) is 3.08. The van der Waals surface area contributed by atoms with Crippen LogP contribution in [0.4, 0.5) is 0 Å². The highest BCUT2D eigenvalue weighted by Crippen LogP contribution is 2.42. The molecule has 15 heteroatoms. The number of amides is 1. The summed E-state index contributed by atoms with van der Waals surface area (Å²) in [5.74, 6) is 0.207. The van der Waals surface area contributed by atoms with Crippen LogP contribution in [0, 0.1) is 0 Å². The van der Waals surface area contributed by atoms with E-state index in [9.17, 15) is 9.90 Å². The Morgan fingerprint density at radius 2 is 2.10 bits per heavy atom. The zero-order valence-electron chi connectivity index (χ0n) is 21.5. The zero-order chi connectivity index (χ0) is 27.7. The summed E-state index contributed by atoms with van der Waals surface area (Å²) in [5.41, 5.74) is -0.365. The van der Waals surface area contributed by atoms with Gasteiger partial charge in [0.15, 0.2) is 11.0 Å². The van der Waals surface area contributed by atoms with Crippen molar-refractivity contribution in [3.8, 4) is 5.82 Å². The van der Waals surface area contributed by atoms with E-state index in [1.807, 2.05) is 6.07 Å². The molecular weight excluding hydrogens is 614 g/mol. The van der Waals surface area contributed by atoms with Gasteiger partial charge in [0.1, 0.15) is 35.5 Å². The maximum absolute atomic E-state index is 13.1. The number of carbonyl (C=O) groups excluding carboxylic acids is 1. The van der Waals surface area contributed by atoms with E-state index in [-0.39, 0.29) is 11.9 Å². The van der Waals surface area contributed by atoms with Gasteiger partial charge in [-0.25, -0.2) is 14.3 Å². The van der Waals surface area contributed by atoms with Crippen LogP contribution in [0.3, 0.4) is 0 Å². The van der Waals surface area contributed by atoms with Crippen LogP contribution in [0.25, 0.3) is 5.82 Å². The molecule has 39 heavy (non-hydrogen) atoms. The van der Waals surface area contributed by atoms with Crippen LogP contribution in [0.15, 0.2) is 40.1 Å². The summed E-state index contributed by atoms with van der Waals surface area (Å²) in [7, 11) is 3.11. The number of pyridine rings is 1. The third-order valence-electron chi connectivity index (χ3n) is 6.89. The SMILES string of the molecule is COC1C(n2cc(-n3ccc(Cl)n3)nn2)[C@@H](OC)C(C(C)O)O[C@@H]1Sc1cc(Br)cnc1C(=O)NC1CCC1. The van der Waals surface area contributed by atoms with Gasteiger partial charge in [0, 0.05) is 42.0 Å². The third kappa shape index (κ3) is 6.01. The lowest BCUT2D eigenvalue weighted by atomic mass is 9.93. The molecule has 4 unspecified atom stereocenters. The summed E-state index contributed by atoms with van der Waals surface area (Å²) < 4.78 is 22.0. The fourth-order valence-corrected chi connectivity index (χ4v) is 6.63. The minimum atomic E-state index is -0.881. The molecule has 3 aromatic rings. The smallest absolute Gasteiger partial charge is 0.271 e. The molecule has 2 fully saturated rings. The van der Waals surface area contributed by atoms with Gasteiger partial charge < -0.3 is 24.6 Å². The number of ether oxygens (including phenoxy) is 3. The molecule has 0 radical (unpaired) electrons. The highest BCUT2D eigenvalue weighted by molar-refractivity contribution is 9.10. The Morgan fingerprint density at radius 1 is 1.33 bits per heavy atom. The number of halogens is 2. The van der Waals surface area contributed by atoms with Gasteiger partial charge >= 0.3 is 0 Å². The van der Waals surface area contributed by atoms with Crippen LogP contribution in [-0.2, 0) is 14.2 Å². The zero-order valence-corrected chi connectivity index (χ0v) is 24.6. The highest BCUT2D eigenvalue weighted by Gasteiger charge is 2.50. The monoisotopic (exact) mass is 641 g/mol. The van der Waals surface area contributed by atoms with Crippen LogP contribution < -0.4 is 5.32 Å². The van der Waals surface area contributed by atoms with Gasteiger partial charge in [-0.2, -0.15) is 5.10 Å². The molecule has 1 aliphatic heterocycles. The number of nitrogens with one attached hydrogen (secondary N) is 1. The van der Waals surface area contributed by atoms with Crippen molar-refractivity contribution in [1.82, 2.24) is 35.1 Å². The van der Waals surface area contributed by atoms with E-state index in [1.165, 1.54) is 16.4 Å². The number of aliphatic hydroxyl groups excluding tert-OH is 1. The van der Waals surface area contributed by atoms with Gasteiger partial charge in [0.25, 0.3) is 5.91 Å². The Balaban J connectivity index is 1.48. The molecule has 5 rings (SSSR count). The summed E-state index contributed by atoms with van der Waals surface area (Å²) in [6.07, 6.45) is 5.13. The van der Waals surface area contributed by atoms with Gasteiger partial charge in [-0.1, -0.05) is 28.6 Å². The number of rotatable bonds is 9. The average Bonchev–Trinajstić information content (AvgIpc) is 3.54. The van der Waals surface area contributed by atoms with Crippen molar-refractivity contribution in [3.63, 3.8) is 0 Å². The number of hydrogen-bond donors (Lipinski definition) is 2. The summed E-state index contributed by atoms with van der Waals surface area (Å²) in [4.78, 5) is 18.1. The number of carbonyl (C=O) groups is 1. The van der Waals surface area contributed by atoms with Crippen molar-refractivity contribution in [2.45, 2.75) is 73.0 Å². The summed E-state index contributed by atoms with van der Waals surface area (Å²) in [5, 5.41) is 26.8. The first kappa shape index (κ1) is 28.5.